The standard InChI is InChI=1S/C27H38N4O4/c1-4-5-16-28-25(34)20-13-12-19(2)29(18-20)23(32)11-8-17-30-26(35)21-9-6-7-10-22(21)31-24(33)14-15-27(30,31)3/h6-7,9-10,19-20H,4-5,8,11-18H2,1-3H3,(H,28,34). The lowest BCUT2D eigenvalue weighted by molar-refractivity contribution is -0.138. The number of carbonyl (C=O) groups excluding carboxylic acids is 4. The average Bonchev–Trinajstić information content (AvgIpc) is 3.16. The van der Waals surface area contributed by atoms with E-state index in [4.69, 9.17) is 0 Å². The van der Waals surface area contributed by atoms with Crippen LogP contribution >= 0.6 is 0 Å². The number of carbonyl (C=O) groups is 4. The summed E-state index contributed by atoms with van der Waals surface area (Å²) in [6.07, 6.45) is 5.41. The molecule has 1 aromatic rings. The van der Waals surface area contributed by atoms with Crippen LogP contribution in [0.4, 0.5) is 5.69 Å². The Bertz CT molecular complexity index is 995. The van der Waals surface area contributed by atoms with Gasteiger partial charge in [0.25, 0.3) is 5.91 Å². The first-order valence-corrected chi connectivity index (χ1v) is 13.1. The lowest BCUT2D eigenvalue weighted by Gasteiger charge is -2.48. The normalized spacial score (nSPS) is 26.0. The van der Waals surface area contributed by atoms with E-state index in [0.717, 1.165) is 25.7 Å². The van der Waals surface area contributed by atoms with Gasteiger partial charge in [0.2, 0.25) is 17.7 Å². The molecule has 4 rings (SSSR count). The van der Waals surface area contributed by atoms with Gasteiger partial charge in [0.05, 0.1) is 17.2 Å². The van der Waals surface area contributed by atoms with E-state index >= 15 is 0 Å². The topological polar surface area (TPSA) is 90.0 Å². The second-order valence-corrected chi connectivity index (χ2v) is 10.3. The quantitative estimate of drug-likeness (QED) is 0.576. The van der Waals surface area contributed by atoms with Gasteiger partial charge in [0, 0.05) is 38.5 Å². The maximum Gasteiger partial charge on any atom is 0.257 e. The zero-order valence-corrected chi connectivity index (χ0v) is 21.2. The minimum absolute atomic E-state index is 0.0259. The van der Waals surface area contributed by atoms with Crippen LogP contribution in [-0.4, -0.2) is 64.8 Å². The Balaban J connectivity index is 1.38. The second kappa shape index (κ2) is 10.4. The Morgan fingerprint density at radius 1 is 1.14 bits per heavy atom. The highest BCUT2D eigenvalue weighted by atomic mass is 16.2. The summed E-state index contributed by atoms with van der Waals surface area (Å²) in [6.45, 7) is 7.61. The third-order valence-electron chi connectivity index (χ3n) is 7.92. The van der Waals surface area contributed by atoms with Crippen molar-refractivity contribution in [2.24, 2.45) is 5.92 Å². The summed E-state index contributed by atoms with van der Waals surface area (Å²) in [4.78, 5) is 57.2. The Kier molecular flexibility index (Phi) is 7.47. The predicted molar refractivity (Wildman–Crippen MR) is 134 cm³/mol. The molecule has 2 fully saturated rings. The van der Waals surface area contributed by atoms with Gasteiger partial charge in [-0.2, -0.15) is 0 Å². The lowest BCUT2D eigenvalue weighted by atomic mass is 9.92. The molecule has 0 saturated carbocycles. The van der Waals surface area contributed by atoms with Crippen molar-refractivity contribution in [2.75, 3.05) is 24.5 Å². The number of hydrogen-bond donors (Lipinski definition) is 1. The highest BCUT2D eigenvalue weighted by Crippen LogP contribution is 2.44. The summed E-state index contributed by atoms with van der Waals surface area (Å²) < 4.78 is 0. The molecule has 3 aliphatic heterocycles. The predicted octanol–water partition coefficient (Wildman–Crippen LogP) is 3.31. The molecule has 35 heavy (non-hydrogen) atoms. The molecule has 0 bridgehead atoms. The highest BCUT2D eigenvalue weighted by molar-refractivity contribution is 6.10. The Morgan fingerprint density at radius 3 is 2.69 bits per heavy atom. The van der Waals surface area contributed by atoms with Crippen LogP contribution < -0.4 is 10.2 Å². The third-order valence-corrected chi connectivity index (χ3v) is 7.92. The van der Waals surface area contributed by atoms with E-state index in [-0.39, 0.29) is 35.6 Å². The molecule has 8 heteroatoms. The fourth-order valence-corrected chi connectivity index (χ4v) is 5.77. The Labute approximate surface area is 208 Å². The number of unbranched alkanes of at least 4 members (excludes halogenated alkanes) is 1. The van der Waals surface area contributed by atoms with E-state index in [0.29, 0.717) is 56.6 Å². The first kappa shape index (κ1) is 25.2. The highest BCUT2D eigenvalue weighted by Gasteiger charge is 2.52. The lowest BCUT2D eigenvalue weighted by Crippen LogP contribution is -2.62. The van der Waals surface area contributed by atoms with E-state index in [9.17, 15) is 19.2 Å². The fourth-order valence-electron chi connectivity index (χ4n) is 5.77. The van der Waals surface area contributed by atoms with Gasteiger partial charge in [-0.3, -0.25) is 24.1 Å². The van der Waals surface area contributed by atoms with Crippen molar-refractivity contribution in [1.82, 2.24) is 15.1 Å². The van der Waals surface area contributed by atoms with Crippen LogP contribution in [0.2, 0.25) is 0 Å². The van der Waals surface area contributed by atoms with Crippen LogP contribution in [0.5, 0.6) is 0 Å². The molecule has 3 heterocycles. The van der Waals surface area contributed by atoms with Crippen molar-refractivity contribution in [3.63, 3.8) is 0 Å². The third kappa shape index (κ3) is 4.80. The van der Waals surface area contributed by atoms with Crippen molar-refractivity contribution < 1.29 is 19.2 Å². The first-order valence-electron chi connectivity index (χ1n) is 13.1. The summed E-state index contributed by atoms with van der Waals surface area (Å²) in [7, 11) is 0. The molecule has 4 amide bonds. The monoisotopic (exact) mass is 482 g/mol. The first-order chi connectivity index (χ1) is 16.8. The van der Waals surface area contributed by atoms with Crippen molar-refractivity contribution in [1.29, 1.82) is 0 Å². The van der Waals surface area contributed by atoms with Gasteiger partial charge < -0.3 is 15.1 Å². The van der Waals surface area contributed by atoms with Gasteiger partial charge in [0.15, 0.2) is 0 Å². The molecule has 1 N–H and O–H groups in total. The van der Waals surface area contributed by atoms with Gasteiger partial charge in [0.1, 0.15) is 5.66 Å². The minimum atomic E-state index is -0.703. The van der Waals surface area contributed by atoms with Crippen molar-refractivity contribution >= 4 is 29.3 Å². The maximum absolute atomic E-state index is 13.4. The molecular weight excluding hydrogens is 444 g/mol. The molecule has 1 aromatic carbocycles. The van der Waals surface area contributed by atoms with Crippen LogP contribution in [0.15, 0.2) is 24.3 Å². The van der Waals surface area contributed by atoms with Gasteiger partial charge in [-0.25, -0.2) is 0 Å². The van der Waals surface area contributed by atoms with Crippen LogP contribution in [0, 0.1) is 5.92 Å². The van der Waals surface area contributed by atoms with Crippen molar-refractivity contribution in [3.05, 3.63) is 29.8 Å². The second-order valence-electron chi connectivity index (χ2n) is 10.3. The van der Waals surface area contributed by atoms with E-state index in [1.54, 1.807) is 15.9 Å². The van der Waals surface area contributed by atoms with Gasteiger partial charge in [-0.05, 0) is 58.1 Å². The van der Waals surface area contributed by atoms with Crippen LogP contribution in [0.1, 0.15) is 82.5 Å². The Morgan fingerprint density at radius 2 is 1.91 bits per heavy atom. The number of para-hydroxylation sites is 1. The van der Waals surface area contributed by atoms with E-state index in [2.05, 4.69) is 12.2 Å². The van der Waals surface area contributed by atoms with Gasteiger partial charge in [-0.15, -0.1) is 0 Å². The fraction of sp³-hybridized carbons (Fsp3) is 0.630. The number of piperidine rings is 1. The smallest absolute Gasteiger partial charge is 0.257 e. The molecule has 3 unspecified atom stereocenters. The number of amides is 4. The molecule has 0 aliphatic carbocycles. The summed E-state index contributed by atoms with van der Waals surface area (Å²) in [5.41, 5.74) is 0.513. The number of likely N-dealkylation sites (tertiary alicyclic amines) is 1. The SMILES string of the molecule is CCCCNC(=O)C1CCC(C)N(C(=O)CCCN2C(=O)c3ccccc3N3C(=O)CCC23C)C1. The van der Waals surface area contributed by atoms with E-state index < -0.39 is 5.66 Å². The number of nitrogens with one attached hydrogen (secondary N) is 1. The Hall–Kier alpha value is -2.90. The van der Waals surface area contributed by atoms with Crippen LogP contribution in [-0.2, 0) is 14.4 Å². The number of rotatable bonds is 8. The zero-order valence-electron chi connectivity index (χ0n) is 21.2. The van der Waals surface area contributed by atoms with E-state index in [1.807, 2.05) is 36.9 Å². The minimum Gasteiger partial charge on any atom is -0.356 e. The number of nitrogens with zero attached hydrogens (tertiary/aromatic N) is 3. The summed E-state index contributed by atoms with van der Waals surface area (Å²) >= 11 is 0. The molecule has 3 atom stereocenters. The molecule has 0 spiro atoms. The van der Waals surface area contributed by atoms with Crippen molar-refractivity contribution in [3.8, 4) is 0 Å². The largest absolute Gasteiger partial charge is 0.356 e. The zero-order chi connectivity index (χ0) is 25.2. The average molecular weight is 483 g/mol. The number of fused-ring (bicyclic) bond motifs is 3. The molecule has 2 saturated heterocycles. The van der Waals surface area contributed by atoms with Crippen LogP contribution in [0.25, 0.3) is 0 Å². The van der Waals surface area contributed by atoms with Crippen LogP contribution in [0.3, 0.4) is 0 Å². The summed E-state index contributed by atoms with van der Waals surface area (Å²) in [6, 6.07) is 7.37. The molecule has 3 aliphatic rings. The molecule has 0 radical (unpaired) electrons. The number of hydrogen-bond acceptors (Lipinski definition) is 4. The number of benzene rings is 1. The molecular formula is C27H38N4O4. The van der Waals surface area contributed by atoms with Crippen molar-refractivity contribution in [2.45, 2.75) is 83.8 Å². The van der Waals surface area contributed by atoms with Gasteiger partial charge in [-0.1, -0.05) is 25.5 Å². The maximum atomic E-state index is 13.4. The molecule has 190 valence electrons. The summed E-state index contributed by atoms with van der Waals surface area (Å²) in [5.74, 6) is -0.155. The number of anilines is 1. The summed E-state index contributed by atoms with van der Waals surface area (Å²) in [5, 5.41) is 3.00. The van der Waals surface area contributed by atoms with E-state index in [1.165, 1.54) is 0 Å². The van der Waals surface area contributed by atoms with Gasteiger partial charge >= 0.3 is 0 Å². The molecule has 8 nitrogen and oxygen atoms in total. The molecule has 0 aromatic heterocycles.